The minimum absolute atomic E-state index is 0.0366. The van der Waals surface area contributed by atoms with E-state index in [1.807, 2.05) is 0 Å². The van der Waals surface area contributed by atoms with Gasteiger partial charge >= 0.3 is 14.5 Å². The van der Waals surface area contributed by atoms with Crippen LogP contribution in [0.4, 0.5) is 16.2 Å². The Hall–Kier alpha value is -3.05. The fourth-order valence-corrected chi connectivity index (χ4v) is 7.17. The van der Waals surface area contributed by atoms with Gasteiger partial charge in [-0.15, -0.1) is 0 Å². The van der Waals surface area contributed by atoms with Gasteiger partial charge in [0.05, 0.1) is 32.5 Å². The van der Waals surface area contributed by atoms with Crippen molar-refractivity contribution in [3.05, 3.63) is 29.3 Å². The summed E-state index contributed by atoms with van der Waals surface area (Å²) in [4.78, 5) is 64.8. The average Bonchev–Trinajstić information content (AvgIpc) is 3.79. The SMILES string of the molecule is Nc1nc2c(ncn2[C@H]2CC(F)[C@@H](COP(=O)(O)O[C@H]3[C@H]4OC[C@]3(COP(O)(O)=S)O[C@H]4n3cnc4c(N)ncnc43)O2)c(=O)[nH]1. The predicted octanol–water partition coefficient (Wildman–Crippen LogP) is -0.856. The molecule has 8 N–H and O–H groups in total. The smallest absolute Gasteiger partial charge is 0.382 e. The third-order valence-corrected chi connectivity index (χ3v) is 9.43. The largest absolute Gasteiger partial charge is 0.472 e. The molecule has 4 aromatic rings. The van der Waals surface area contributed by atoms with Crippen LogP contribution in [0.15, 0.2) is 23.8 Å². The zero-order chi connectivity index (χ0) is 32.6. The molecule has 0 amide bonds. The molecule has 2 bridgehead atoms. The van der Waals surface area contributed by atoms with Crippen LogP contribution in [0.2, 0.25) is 0 Å². The first kappa shape index (κ1) is 31.5. The van der Waals surface area contributed by atoms with Gasteiger partial charge in [0.15, 0.2) is 28.9 Å². The molecule has 0 saturated carbocycles. The van der Waals surface area contributed by atoms with Crippen LogP contribution < -0.4 is 17.0 Å². The Kier molecular flexibility index (Phi) is 7.74. The molecule has 25 heteroatoms. The van der Waals surface area contributed by atoms with Gasteiger partial charge in [-0.2, -0.15) is 4.98 Å². The molecule has 3 aliphatic rings. The molecule has 0 aromatic carbocycles. The molecule has 4 aromatic heterocycles. The van der Waals surface area contributed by atoms with Crippen LogP contribution in [0.1, 0.15) is 18.9 Å². The molecule has 3 fully saturated rings. The van der Waals surface area contributed by atoms with Crippen molar-refractivity contribution >= 4 is 60.4 Å². The maximum atomic E-state index is 15.0. The first-order valence-corrected chi connectivity index (χ1v) is 17.5. The normalized spacial score (nSPS) is 30.9. The van der Waals surface area contributed by atoms with E-state index in [2.05, 4.69) is 41.7 Å². The van der Waals surface area contributed by atoms with E-state index >= 15 is 4.39 Å². The number of alkyl halides is 1. The summed E-state index contributed by atoms with van der Waals surface area (Å²) < 4.78 is 64.5. The van der Waals surface area contributed by atoms with E-state index in [0.29, 0.717) is 0 Å². The summed E-state index contributed by atoms with van der Waals surface area (Å²) in [5, 5.41) is 0. The molecule has 3 saturated heterocycles. The Morgan fingerprint density at radius 1 is 1.13 bits per heavy atom. The third kappa shape index (κ3) is 5.61. The van der Waals surface area contributed by atoms with Crippen molar-refractivity contribution in [3.8, 4) is 0 Å². The standard InChI is InChI=1S/C21H25FN10O11P2S/c22-8-1-10(31-6-28-12-17(31)29-20(24)30-18(12)33)41-9(8)2-39-44(34,35)43-14-13-19(32-7-27-11-15(23)25-5-26-16(11)32)42-21(14,3-38-13)4-40-45(36,37)46/h5-10,13-14,19H,1-4H2,(H,34,35)(H2,23,25,26)(H2,36,37,46)(H3,24,29,30,33)/t8?,9-,10-,13-,14+,19-,21-/m1/s1. The topological polar surface area (TPSA) is 292 Å². The highest BCUT2D eigenvalue weighted by atomic mass is 32.5. The van der Waals surface area contributed by atoms with Gasteiger partial charge < -0.3 is 44.9 Å². The number of nitrogen functional groups attached to an aromatic ring is 2. The highest BCUT2D eigenvalue weighted by Crippen LogP contribution is 2.56. The van der Waals surface area contributed by atoms with Crippen molar-refractivity contribution in [1.29, 1.82) is 0 Å². The van der Waals surface area contributed by atoms with Crippen molar-refractivity contribution < 1.29 is 51.4 Å². The van der Waals surface area contributed by atoms with Gasteiger partial charge in [0.1, 0.15) is 48.2 Å². The summed E-state index contributed by atoms with van der Waals surface area (Å²) >= 11 is 4.56. The molecule has 0 radical (unpaired) electrons. The van der Waals surface area contributed by atoms with Crippen LogP contribution in [0.25, 0.3) is 22.3 Å². The summed E-state index contributed by atoms with van der Waals surface area (Å²) in [5.41, 5.74) is 9.75. The molecule has 0 aliphatic carbocycles. The lowest BCUT2D eigenvalue weighted by Crippen LogP contribution is -2.45. The number of phosphoric acid groups is 1. The van der Waals surface area contributed by atoms with Gasteiger partial charge in [-0.25, -0.2) is 28.9 Å². The summed E-state index contributed by atoms with van der Waals surface area (Å²) in [7, 11) is -5.02. The number of hydrogen-bond acceptors (Lipinski definition) is 16. The van der Waals surface area contributed by atoms with Gasteiger partial charge in [0.2, 0.25) is 5.95 Å². The number of rotatable bonds is 10. The van der Waals surface area contributed by atoms with E-state index in [9.17, 15) is 24.0 Å². The molecule has 2 unspecified atom stereocenters. The second-order valence-electron chi connectivity index (χ2n) is 10.6. The number of nitrogens with one attached hydrogen (secondary N) is 1. The number of H-pyrrole nitrogens is 1. The second-order valence-corrected chi connectivity index (χ2v) is 14.7. The Bertz CT molecular complexity index is 1980. The second kappa shape index (κ2) is 11.3. The van der Waals surface area contributed by atoms with E-state index in [1.165, 1.54) is 28.1 Å². The van der Waals surface area contributed by atoms with Crippen molar-refractivity contribution in [1.82, 2.24) is 39.0 Å². The number of nitrogens with two attached hydrogens (primary N) is 2. The number of ether oxygens (including phenoxy) is 3. The van der Waals surface area contributed by atoms with Gasteiger partial charge in [-0.05, 0) is 11.8 Å². The van der Waals surface area contributed by atoms with Crippen molar-refractivity contribution in [3.63, 3.8) is 0 Å². The summed E-state index contributed by atoms with van der Waals surface area (Å²) in [5.74, 6) is -0.0885. The fourth-order valence-electron chi connectivity index (χ4n) is 5.63. The van der Waals surface area contributed by atoms with Gasteiger partial charge in [0.25, 0.3) is 5.56 Å². The van der Waals surface area contributed by atoms with E-state index in [4.69, 9.17) is 39.2 Å². The molecule has 21 nitrogen and oxygen atoms in total. The lowest BCUT2D eigenvalue weighted by atomic mass is 10.0. The maximum absolute atomic E-state index is 15.0. The minimum Gasteiger partial charge on any atom is -0.382 e. The number of fused-ring (bicyclic) bond motifs is 4. The van der Waals surface area contributed by atoms with Crippen LogP contribution in [0, 0.1) is 0 Å². The average molecular weight is 707 g/mol. The number of hydrogen-bond donors (Lipinski definition) is 6. The molecular formula is C21H25FN10O11P2S. The lowest BCUT2D eigenvalue weighted by Gasteiger charge is -2.32. The van der Waals surface area contributed by atoms with Crippen LogP contribution in [0.3, 0.4) is 0 Å². The highest BCUT2D eigenvalue weighted by Gasteiger charge is 2.65. The first-order valence-electron chi connectivity index (χ1n) is 13.3. The van der Waals surface area contributed by atoms with Crippen LogP contribution in [0.5, 0.6) is 0 Å². The monoisotopic (exact) mass is 706 g/mol. The summed E-state index contributed by atoms with van der Waals surface area (Å²) in [6.07, 6.45) is -4.01. The molecule has 7 rings (SSSR count). The lowest BCUT2D eigenvalue weighted by molar-refractivity contribution is -0.183. The summed E-state index contributed by atoms with van der Waals surface area (Å²) in [6.45, 7) is -5.82. The Morgan fingerprint density at radius 2 is 1.89 bits per heavy atom. The van der Waals surface area contributed by atoms with Crippen molar-refractivity contribution in [2.75, 3.05) is 31.3 Å². The molecule has 8 atom stereocenters. The first-order chi connectivity index (χ1) is 21.7. The zero-order valence-corrected chi connectivity index (χ0v) is 25.7. The van der Waals surface area contributed by atoms with Gasteiger partial charge in [0, 0.05) is 6.42 Å². The summed E-state index contributed by atoms with van der Waals surface area (Å²) in [6, 6.07) is 0. The van der Waals surface area contributed by atoms with E-state index in [0.717, 1.165) is 0 Å². The number of phosphoric ester groups is 1. The fraction of sp³-hybridized carbons (Fsp3) is 0.524. The molecule has 7 heterocycles. The number of aromatic nitrogens is 8. The number of aromatic amines is 1. The number of imidazole rings is 2. The highest BCUT2D eigenvalue weighted by molar-refractivity contribution is 8.06. The number of halogens is 1. The van der Waals surface area contributed by atoms with E-state index in [1.54, 1.807) is 0 Å². The third-order valence-electron chi connectivity index (χ3n) is 7.68. The molecule has 248 valence electrons. The van der Waals surface area contributed by atoms with Gasteiger partial charge in [-0.1, -0.05) is 0 Å². The molecule has 3 aliphatic heterocycles. The maximum Gasteiger partial charge on any atom is 0.472 e. The van der Waals surface area contributed by atoms with E-state index < -0.39 is 75.9 Å². The number of anilines is 2. The Labute approximate surface area is 260 Å². The van der Waals surface area contributed by atoms with Crippen LogP contribution >= 0.6 is 14.5 Å². The molecule has 46 heavy (non-hydrogen) atoms. The van der Waals surface area contributed by atoms with Crippen LogP contribution in [-0.4, -0.2) is 104 Å². The predicted molar refractivity (Wildman–Crippen MR) is 154 cm³/mol. The van der Waals surface area contributed by atoms with Crippen molar-refractivity contribution in [2.45, 2.75) is 49.0 Å². The number of nitrogens with zero attached hydrogens (tertiary/aromatic N) is 7. The van der Waals surface area contributed by atoms with Crippen molar-refractivity contribution in [2.24, 2.45) is 0 Å². The Morgan fingerprint density at radius 3 is 2.67 bits per heavy atom. The molecular weight excluding hydrogens is 681 g/mol. The van der Waals surface area contributed by atoms with Gasteiger partial charge in [-0.3, -0.25) is 28.0 Å². The quantitative estimate of drug-likeness (QED) is 0.109. The van der Waals surface area contributed by atoms with Crippen LogP contribution in [-0.2, 0) is 44.2 Å². The Balaban J connectivity index is 1.08. The molecule has 0 spiro atoms. The van der Waals surface area contributed by atoms with E-state index in [-0.39, 0.29) is 47.1 Å². The zero-order valence-electron chi connectivity index (χ0n) is 23.1. The minimum atomic E-state index is -5.02.